The van der Waals surface area contributed by atoms with Crippen molar-refractivity contribution < 1.29 is 9.53 Å². The van der Waals surface area contributed by atoms with Crippen molar-refractivity contribution in [3.05, 3.63) is 68.9 Å². The highest BCUT2D eigenvalue weighted by atomic mass is 16.5. The number of esters is 1. The van der Waals surface area contributed by atoms with Gasteiger partial charge in [0.2, 0.25) is 0 Å². The summed E-state index contributed by atoms with van der Waals surface area (Å²) in [5.41, 5.74) is -2.49. The topological polar surface area (TPSA) is 92.3 Å². The van der Waals surface area contributed by atoms with Crippen LogP contribution < -0.4 is 17.1 Å². The van der Waals surface area contributed by atoms with Gasteiger partial charge in [-0.15, -0.1) is 13.2 Å². The van der Waals surface area contributed by atoms with Crippen LogP contribution in [-0.2, 0) is 29.2 Å². The first-order valence-electron chi connectivity index (χ1n) is 8.46. The van der Waals surface area contributed by atoms with E-state index in [0.29, 0.717) is 4.57 Å². The Hall–Kier alpha value is -2.90. The van der Waals surface area contributed by atoms with Crippen molar-refractivity contribution in [2.24, 2.45) is 5.92 Å². The van der Waals surface area contributed by atoms with E-state index in [1.807, 2.05) is 6.08 Å². The lowest BCUT2D eigenvalue weighted by Crippen LogP contribution is -2.55. The van der Waals surface area contributed by atoms with E-state index in [0.717, 1.165) is 28.4 Å². The Morgan fingerprint density at radius 3 is 2.12 bits per heavy atom. The molecule has 0 spiro atoms. The SMILES string of the molecule is C=CCn1c(=O)n(CC=C)c(=O)n(CC(=O)OCC2CC=CCC2)c1=O. The maximum Gasteiger partial charge on any atom is 0.337 e. The van der Waals surface area contributed by atoms with Crippen LogP contribution in [0.3, 0.4) is 0 Å². The van der Waals surface area contributed by atoms with Gasteiger partial charge in [0.05, 0.1) is 19.7 Å². The molecule has 0 radical (unpaired) electrons. The van der Waals surface area contributed by atoms with Crippen LogP contribution in [0, 0.1) is 5.92 Å². The maximum absolute atomic E-state index is 12.4. The molecule has 1 heterocycles. The molecular weight excluding hydrogens is 338 g/mol. The highest BCUT2D eigenvalue weighted by Gasteiger charge is 2.18. The molecule has 8 nitrogen and oxygen atoms in total. The molecule has 0 N–H and O–H groups in total. The number of carbonyl (C=O) groups is 1. The molecule has 1 atom stereocenters. The summed E-state index contributed by atoms with van der Waals surface area (Å²) in [5, 5.41) is 0. The van der Waals surface area contributed by atoms with E-state index in [1.54, 1.807) is 0 Å². The van der Waals surface area contributed by atoms with Crippen LogP contribution in [0.5, 0.6) is 0 Å². The third-order valence-corrected chi connectivity index (χ3v) is 4.15. The van der Waals surface area contributed by atoms with Crippen molar-refractivity contribution in [3.8, 4) is 0 Å². The van der Waals surface area contributed by atoms with E-state index in [4.69, 9.17) is 4.74 Å². The lowest BCUT2D eigenvalue weighted by Gasteiger charge is -2.17. The van der Waals surface area contributed by atoms with E-state index < -0.39 is 29.6 Å². The van der Waals surface area contributed by atoms with Gasteiger partial charge in [-0.05, 0) is 25.2 Å². The average molecular weight is 361 g/mol. The van der Waals surface area contributed by atoms with Gasteiger partial charge in [-0.2, -0.15) is 0 Å². The smallest absolute Gasteiger partial charge is 0.337 e. The number of carbonyl (C=O) groups excluding carboxylic acids is 1. The second-order valence-electron chi connectivity index (χ2n) is 6.07. The third kappa shape index (κ3) is 4.38. The van der Waals surface area contributed by atoms with Crippen LogP contribution in [0.1, 0.15) is 19.3 Å². The Balaban J connectivity index is 2.25. The summed E-state index contributed by atoms with van der Waals surface area (Å²) in [6.45, 7) is 6.54. The fourth-order valence-electron chi connectivity index (χ4n) is 2.78. The van der Waals surface area contributed by atoms with Crippen LogP contribution in [-0.4, -0.2) is 26.3 Å². The summed E-state index contributed by atoms with van der Waals surface area (Å²) in [7, 11) is 0. The zero-order chi connectivity index (χ0) is 19.1. The number of ether oxygens (including phenoxy) is 1. The molecule has 0 bridgehead atoms. The highest BCUT2D eigenvalue weighted by Crippen LogP contribution is 2.18. The van der Waals surface area contributed by atoms with Gasteiger partial charge in [0.25, 0.3) is 0 Å². The first-order valence-corrected chi connectivity index (χ1v) is 8.46. The zero-order valence-corrected chi connectivity index (χ0v) is 14.6. The van der Waals surface area contributed by atoms with Gasteiger partial charge in [0.15, 0.2) is 0 Å². The number of hydrogen-bond acceptors (Lipinski definition) is 5. The van der Waals surface area contributed by atoms with Crippen LogP contribution in [0.25, 0.3) is 0 Å². The number of hydrogen-bond donors (Lipinski definition) is 0. The summed E-state index contributed by atoms with van der Waals surface area (Å²) in [6, 6.07) is 0. The monoisotopic (exact) mass is 361 g/mol. The van der Waals surface area contributed by atoms with E-state index in [2.05, 4.69) is 19.2 Å². The van der Waals surface area contributed by atoms with Gasteiger partial charge in [-0.1, -0.05) is 24.3 Å². The standard InChI is InChI=1S/C18H23N3O5/c1-3-10-19-16(23)20(11-4-2)18(25)21(17(19)24)12-15(22)26-13-14-8-6-5-7-9-14/h3-6,14H,1-2,7-13H2. The Bertz CT molecular complexity index is 839. The van der Waals surface area contributed by atoms with Crippen molar-refractivity contribution in [1.82, 2.24) is 13.7 Å². The molecular formula is C18H23N3O5. The Morgan fingerprint density at radius 1 is 1.04 bits per heavy atom. The third-order valence-electron chi connectivity index (χ3n) is 4.15. The zero-order valence-electron chi connectivity index (χ0n) is 14.6. The quantitative estimate of drug-likeness (QED) is 0.495. The number of allylic oxidation sites excluding steroid dienone is 4. The molecule has 0 fully saturated rings. The fourth-order valence-corrected chi connectivity index (χ4v) is 2.78. The van der Waals surface area contributed by atoms with E-state index in [1.165, 1.54) is 12.2 Å². The van der Waals surface area contributed by atoms with Crippen molar-refractivity contribution in [1.29, 1.82) is 0 Å². The molecule has 140 valence electrons. The lowest BCUT2D eigenvalue weighted by molar-refractivity contribution is -0.146. The van der Waals surface area contributed by atoms with Crippen molar-refractivity contribution in [2.75, 3.05) is 6.61 Å². The lowest BCUT2D eigenvalue weighted by atomic mass is 9.95. The molecule has 1 aliphatic carbocycles. The minimum absolute atomic E-state index is 0.0709. The van der Waals surface area contributed by atoms with Crippen molar-refractivity contribution in [3.63, 3.8) is 0 Å². The molecule has 0 saturated carbocycles. The maximum atomic E-state index is 12.4. The van der Waals surface area contributed by atoms with Gasteiger partial charge >= 0.3 is 23.0 Å². The van der Waals surface area contributed by atoms with Crippen LogP contribution in [0.2, 0.25) is 0 Å². The normalized spacial score (nSPS) is 16.2. The molecule has 0 amide bonds. The first-order chi connectivity index (χ1) is 12.5. The Kier molecular flexibility index (Phi) is 6.71. The van der Waals surface area contributed by atoms with Crippen LogP contribution in [0.4, 0.5) is 0 Å². The summed E-state index contributed by atoms with van der Waals surface area (Å²) < 4.78 is 7.61. The second-order valence-corrected chi connectivity index (χ2v) is 6.07. The van der Waals surface area contributed by atoms with E-state index >= 15 is 0 Å². The van der Waals surface area contributed by atoms with Crippen molar-refractivity contribution >= 4 is 5.97 Å². The fraction of sp³-hybridized carbons (Fsp3) is 0.444. The van der Waals surface area contributed by atoms with Gasteiger partial charge in [0, 0.05) is 0 Å². The summed E-state index contributed by atoms with van der Waals surface area (Å²) >= 11 is 0. The number of rotatable bonds is 8. The summed E-state index contributed by atoms with van der Waals surface area (Å²) in [6.07, 6.45) is 9.58. The molecule has 0 aliphatic heterocycles. The minimum atomic E-state index is -0.863. The van der Waals surface area contributed by atoms with Gasteiger partial charge < -0.3 is 4.74 Å². The van der Waals surface area contributed by atoms with E-state index in [-0.39, 0.29) is 25.6 Å². The van der Waals surface area contributed by atoms with E-state index in [9.17, 15) is 19.2 Å². The Morgan fingerprint density at radius 2 is 1.62 bits per heavy atom. The number of nitrogens with zero attached hydrogens (tertiary/aromatic N) is 3. The summed E-state index contributed by atoms with van der Waals surface area (Å²) in [5.74, 6) is -0.444. The predicted molar refractivity (Wildman–Crippen MR) is 97.1 cm³/mol. The molecule has 2 rings (SSSR count). The molecule has 26 heavy (non-hydrogen) atoms. The molecule has 1 aliphatic rings. The highest BCUT2D eigenvalue weighted by molar-refractivity contribution is 5.69. The average Bonchev–Trinajstić information content (AvgIpc) is 2.65. The largest absolute Gasteiger partial charge is 0.464 e. The first kappa shape index (κ1) is 19.4. The molecule has 0 saturated heterocycles. The van der Waals surface area contributed by atoms with Gasteiger partial charge in [-0.3, -0.25) is 4.79 Å². The van der Waals surface area contributed by atoms with Crippen LogP contribution in [0.15, 0.2) is 51.8 Å². The molecule has 1 aromatic heterocycles. The molecule has 0 aromatic carbocycles. The van der Waals surface area contributed by atoms with Gasteiger partial charge in [0.1, 0.15) is 6.54 Å². The van der Waals surface area contributed by atoms with Gasteiger partial charge in [-0.25, -0.2) is 28.1 Å². The predicted octanol–water partition coefficient (Wildman–Crippen LogP) is 0.443. The van der Waals surface area contributed by atoms with Crippen molar-refractivity contribution in [2.45, 2.75) is 38.9 Å². The van der Waals surface area contributed by atoms with Crippen LogP contribution >= 0.6 is 0 Å². The second kappa shape index (κ2) is 8.98. The minimum Gasteiger partial charge on any atom is -0.464 e. The number of aromatic nitrogens is 3. The molecule has 8 heteroatoms. The Labute approximate surface area is 150 Å². The molecule has 1 unspecified atom stereocenters. The molecule has 1 aromatic rings. The summed E-state index contributed by atoms with van der Waals surface area (Å²) in [4.78, 5) is 49.2.